The van der Waals surface area contributed by atoms with Crippen molar-refractivity contribution in [2.75, 3.05) is 11.6 Å². The van der Waals surface area contributed by atoms with Crippen molar-refractivity contribution in [1.29, 1.82) is 0 Å². The molecule has 6 nitrogen and oxygen atoms in total. The fourth-order valence-electron chi connectivity index (χ4n) is 3.76. The number of phenolic OH excluding ortho intramolecular Hbond substituents is 1. The number of nitrogens with one attached hydrogen (secondary N) is 1. The zero-order chi connectivity index (χ0) is 22.8. The van der Waals surface area contributed by atoms with Crippen LogP contribution in [0.1, 0.15) is 37.2 Å². The summed E-state index contributed by atoms with van der Waals surface area (Å²) >= 11 is 0. The summed E-state index contributed by atoms with van der Waals surface area (Å²) in [6.07, 6.45) is -1.19. The molecule has 31 heavy (non-hydrogen) atoms. The van der Waals surface area contributed by atoms with E-state index < -0.39 is 16.2 Å². The van der Waals surface area contributed by atoms with E-state index >= 15 is 0 Å². The van der Waals surface area contributed by atoms with Gasteiger partial charge in [0, 0.05) is 17.9 Å². The number of carbonyl (C=O) groups is 1. The van der Waals surface area contributed by atoms with Gasteiger partial charge >= 0.3 is 6.36 Å². The summed E-state index contributed by atoms with van der Waals surface area (Å²) in [5.41, 5.74) is 1.18. The van der Waals surface area contributed by atoms with Crippen LogP contribution in [0.15, 0.2) is 47.4 Å². The van der Waals surface area contributed by atoms with Crippen LogP contribution in [0.3, 0.4) is 0 Å². The highest BCUT2D eigenvalue weighted by atomic mass is 32.2. The Morgan fingerprint density at radius 2 is 1.68 bits per heavy atom. The second kappa shape index (κ2) is 8.78. The third-order valence-electron chi connectivity index (χ3n) is 5.31. The molecular formula is C21H22F3NO5S. The Labute approximate surface area is 178 Å². The van der Waals surface area contributed by atoms with Crippen molar-refractivity contribution in [3.63, 3.8) is 0 Å². The number of phenols is 1. The van der Waals surface area contributed by atoms with Gasteiger partial charge in [-0.15, -0.1) is 13.2 Å². The fourth-order valence-corrected chi connectivity index (χ4v) is 4.55. The third kappa shape index (κ3) is 6.13. The van der Waals surface area contributed by atoms with Gasteiger partial charge in [-0.2, -0.15) is 0 Å². The largest absolute Gasteiger partial charge is 0.573 e. The smallest absolute Gasteiger partial charge is 0.507 e. The molecule has 0 atom stereocenters. The number of hydrogen-bond acceptors (Lipinski definition) is 5. The van der Waals surface area contributed by atoms with Gasteiger partial charge in [0.25, 0.3) is 0 Å². The molecule has 1 fully saturated rings. The van der Waals surface area contributed by atoms with E-state index in [9.17, 15) is 31.5 Å². The fraction of sp³-hybridized carbons (Fsp3) is 0.381. The Morgan fingerprint density at radius 1 is 1.06 bits per heavy atom. The molecule has 1 aliphatic rings. The lowest BCUT2D eigenvalue weighted by Gasteiger charge is -2.28. The first-order valence-electron chi connectivity index (χ1n) is 9.62. The van der Waals surface area contributed by atoms with Crippen LogP contribution < -0.4 is 10.1 Å². The van der Waals surface area contributed by atoms with Crippen LogP contribution >= 0.6 is 0 Å². The Kier molecular flexibility index (Phi) is 6.49. The van der Waals surface area contributed by atoms with Gasteiger partial charge in [-0.1, -0.05) is 12.1 Å². The van der Waals surface area contributed by atoms with Crippen molar-refractivity contribution in [3.8, 4) is 11.5 Å². The van der Waals surface area contributed by atoms with E-state index in [0.717, 1.165) is 11.8 Å². The Morgan fingerprint density at radius 3 is 2.23 bits per heavy atom. The first kappa shape index (κ1) is 22.9. The molecule has 0 aromatic heterocycles. The van der Waals surface area contributed by atoms with Gasteiger partial charge in [0.2, 0.25) is 5.91 Å². The number of benzene rings is 2. The van der Waals surface area contributed by atoms with E-state index in [1.807, 2.05) is 0 Å². The number of rotatable bonds is 5. The molecule has 0 unspecified atom stereocenters. The van der Waals surface area contributed by atoms with Crippen LogP contribution in [-0.4, -0.2) is 32.0 Å². The standard InChI is InChI=1S/C21H22F3NO5S/c1-31(28,29)19-12-16(8-11-18(19)26)25-20(27)15-4-2-13(3-5-15)14-6-9-17(10-7-14)30-21(22,23)24/h6-13,15,26H,2-5H2,1H3,(H,25,27). The van der Waals surface area contributed by atoms with Crippen molar-refractivity contribution in [1.82, 2.24) is 0 Å². The van der Waals surface area contributed by atoms with Crippen molar-refractivity contribution in [3.05, 3.63) is 48.0 Å². The average Bonchev–Trinajstić information content (AvgIpc) is 2.68. The zero-order valence-electron chi connectivity index (χ0n) is 16.6. The highest BCUT2D eigenvalue weighted by Crippen LogP contribution is 2.37. The third-order valence-corrected chi connectivity index (χ3v) is 6.44. The summed E-state index contributed by atoms with van der Waals surface area (Å²) in [5.74, 6) is -1.02. The van der Waals surface area contributed by atoms with Gasteiger partial charge in [0.05, 0.1) is 0 Å². The van der Waals surface area contributed by atoms with Crippen LogP contribution in [0.2, 0.25) is 0 Å². The van der Waals surface area contributed by atoms with Crippen LogP contribution in [0.4, 0.5) is 18.9 Å². The minimum Gasteiger partial charge on any atom is -0.507 e. The maximum absolute atomic E-state index is 12.6. The van der Waals surface area contributed by atoms with Crippen molar-refractivity contribution < 1.29 is 36.2 Å². The molecule has 0 spiro atoms. The first-order valence-corrected chi connectivity index (χ1v) is 11.5. The monoisotopic (exact) mass is 457 g/mol. The van der Waals surface area contributed by atoms with Gasteiger partial charge in [-0.25, -0.2) is 8.42 Å². The van der Waals surface area contributed by atoms with Crippen LogP contribution in [0, 0.1) is 5.92 Å². The predicted octanol–water partition coefficient (Wildman–Crippen LogP) is 4.61. The number of aromatic hydroxyl groups is 1. The topological polar surface area (TPSA) is 92.7 Å². The summed E-state index contributed by atoms with van der Waals surface area (Å²) in [6.45, 7) is 0. The highest BCUT2D eigenvalue weighted by Gasteiger charge is 2.31. The average molecular weight is 457 g/mol. The van der Waals surface area contributed by atoms with E-state index in [1.165, 1.54) is 30.3 Å². The number of sulfone groups is 1. The van der Waals surface area contributed by atoms with Gasteiger partial charge in [-0.3, -0.25) is 4.79 Å². The summed E-state index contributed by atoms with van der Waals surface area (Å²) < 4.78 is 64.1. The Hall–Kier alpha value is -2.75. The maximum Gasteiger partial charge on any atom is 0.573 e. The normalized spacial score (nSPS) is 19.6. The number of hydrogen-bond donors (Lipinski definition) is 2. The van der Waals surface area contributed by atoms with Crippen LogP contribution in [-0.2, 0) is 14.6 Å². The van der Waals surface area contributed by atoms with Crippen LogP contribution in [0.25, 0.3) is 0 Å². The molecule has 10 heteroatoms. The minimum absolute atomic E-state index is 0.134. The lowest BCUT2D eigenvalue weighted by atomic mass is 9.78. The van der Waals surface area contributed by atoms with Gasteiger partial charge in [0.15, 0.2) is 9.84 Å². The number of ether oxygens (including phenoxy) is 1. The van der Waals surface area contributed by atoms with E-state index in [-0.39, 0.29) is 39.8 Å². The molecule has 0 bridgehead atoms. The van der Waals surface area contributed by atoms with Gasteiger partial charge in [-0.05, 0) is 67.5 Å². The summed E-state index contributed by atoms with van der Waals surface area (Å²) in [4.78, 5) is 12.3. The molecule has 0 radical (unpaired) electrons. The molecule has 0 aliphatic heterocycles. The van der Waals surface area contributed by atoms with E-state index in [2.05, 4.69) is 10.1 Å². The molecule has 0 saturated heterocycles. The van der Waals surface area contributed by atoms with Crippen molar-refractivity contribution in [2.24, 2.45) is 5.92 Å². The molecule has 1 aliphatic carbocycles. The molecule has 1 amide bonds. The first-order chi connectivity index (χ1) is 14.4. The molecular weight excluding hydrogens is 435 g/mol. The quantitative estimate of drug-likeness (QED) is 0.640. The van der Waals surface area contributed by atoms with Crippen molar-refractivity contribution >= 4 is 21.4 Å². The van der Waals surface area contributed by atoms with Gasteiger partial charge < -0.3 is 15.2 Å². The minimum atomic E-state index is -4.73. The lowest BCUT2D eigenvalue weighted by molar-refractivity contribution is -0.274. The zero-order valence-corrected chi connectivity index (χ0v) is 17.5. The number of carbonyl (C=O) groups excluding carboxylic acids is 1. The summed E-state index contributed by atoms with van der Waals surface area (Å²) in [5, 5.41) is 12.4. The maximum atomic E-state index is 12.6. The van der Waals surface area contributed by atoms with Gasteiger partial charge in [0.1, 0.15) is 16.4 Å². The molecule has 2 N–H and O–H groups in total. The molecule has 1 saturated carbocycles. The predicted molar refractivity (Wildman–Crippen MR) is 108 cm³/mol. The molecule has 2 aromatic rings. The van der Waals surface area contributed by atoms with Crippen LogP contribution in [0.5, 0.6) is 11.5 Å². The number of halogens is 3. The lowest BCUT2D eigenvalue weighted by Crippen LogP contribution is -2.26. The van der Waals surface area contributed by atoms with Crippen molar-refractivity contribution in [2.45, 2.75) is 42.9 Å². The molecule has 3 rings (SSSR count). The second-order valence-electron chi connectivity index (χ2n) is 7.61. The van der Waals surface area contributed by atoms with E-state index in [0.29, 0.717) is 25.7 Å². The molecule has 168 valence electrons. The second-order valence-corrected chi connectivity index (χ2v) is 9.59. The highest BCUT2D eigenvalue weighted by molar-refractivity contribution is 7.90. The number of alkyl halides is 3. The number of anilines is 1. The van der Waals surface area contributed by atoms with E-state index in [4.69, 9.17) is 0 Å². The summed E-state index contributed by atoms with van der Waals surface area (Å²) in [6, 6.07) is 9.65. The Bertz CT molecular complexity index is 1040. The molecule has 0 heterocycles. The molecule has 2 aromatic carbocycles. The number of amides is 1. The summed E-state index contributed by atoms with van der Waals surface area (Å²) in [7, 11) is -3.64. The Balaban J connectivity index is 1.58. The SMILES string of the molecule is CS(=O)(=O)c1cc(NC(=O)C2CCC(c3ccc(OC(F)(F)F)cc3)CC2)ccc1O. The van der Waals surface area contributed by atoms with E-state index in [1.54, 1.807) is 12.1 Å².